The van der Waals surface area contributed by atoms with Gasteiger partial charge in [-0.05, 0) is 128 Å². The van der Waals surface area contributed by atoms with Gasteiger partial charge < -0.3 is 88.5 Å². The van der Waals surface area contributed by atoms with Crippen molar-refractivity contribution >= 4 is 68.6 Å². The molecule has 16 aliphatic rings. The van der Waals surface area contributed by atoms with Crippen molar-refractivity contribution in [2.45, 2.75) is 369 Å². The van der Waals surface area contributed by atoms with Gasteiger partial charge in [-0.15, -0.1) is 0 Å². The Kier molecular flexibility index (Phi) is 62.2. The zero-order chi connectivity index (χ0) is 94.9. The summed E-state index contributed by atoms with van der Waals surface area (Å²) in [5.41, 5.74) is 15.8. The first-order valence-electron chi connectivity index (χ1n) is 55.6. The molecule has 0 atom stereocenters. The molecular weight excluding hydrogens is 1980 g/mol. The first-order chi connectivity index (χ1) is 65.6. The average Bonchev–Trinajstić information content (AvgIpc) is 1.47. The summed E-state index contributed by atoms with van der Waals surface area (Å²) in [7, 11) is 2.24. The van der Waals surface area contributed by atoms with Crippen LogP contribution in [0.5, 0.6) is 0 Å². The van der Waals surface area contributed by atoms with Gasteiger partial charge in [-0.25, -0.2) is 0 Å². The Morgan fingerprint density at radius 2 is 0.639 bits per heavy atom. The Bertz CT molecular complexity index is 4920. The molecule has 0 spiro atoms. The van der Waals surface area contributed by atoms with E-state index in [9.17, 15) is 9.59 Å². The summed E-state index contributed by atoms with van der Waals surface area (Å²) < 4.78 is 21.5. The number of anilines is 4. The molecule has 0 aromatic heterocycles. The van der Waals surface area contributed by atoms with Gasteiger partial charge in [0.2, 0.25) is 0 Å². The molecule has 8 aliphatic heterocycles. The summed E-state index contributed by atoms with van der Waals surface area (Å²) >= 11 is 0. The number of benzene rings is 5. The Morgan fingerprint density at radius 3 is 1.01 bits per heavy atom. The van der Waals surface area contributed by atoms with E-state index in [-0.39, 0.29) is 149 Å². The van der Waals surface area contributed by atoms with Crippen molar-refractivity contribution in [3.05, 3.63) is 238 Å². The van der Waals surface area contributed by atoms with Crippen molar-refractivity contribution in [2.75, 3.05) is 138 Å². The largest absolute Gasteiger partial charge is 2.00 e. The van der Waals surface area contributed by atoms with Crippen molar-refractivity contribution < 1.29 is 106 Å². The number of para-hydroxylation sites is 3. The predicted molar refractivity (Wildman–Crippen MR) is 622 cm³/mol. The molecule has 824 valence electrons. The molecule has 147 heavy (non-hydrogen) atoms. The van der Waals surface area contributed by atoms with E-state index in [0.717, 1.165) is 135 Å². The quantitative estimate of drug-likeness (QED) is 0.0358. The fraction of sp³-hybridized carbons (Fsp3) is 0.612. The van der Waals surface area contributed by atoms with E-state index >= 15 is 0 Å². The van der Waals surface area contributed by atoms with E-state index in [4.69, 9.17) is 9.47 Å². The summed E-state index contributed by atoms with van der Waals surface area (Å²) in [6.45, 7) is 46.0. The molecule has 8 aliphatic carbocycles. The van der Waals surface area contributed by atoms with E-state index in [1.54, 1.807) is 0 Å². The number of ether oxygens (including phenoxy) is 2. The molecule has 0 amide bonds. The predicted octanol–water partition coefficient (Wildman–Crippen LogP) is 30.7. The van der Waals surface area contributed by atoms with Crippen LogP contribution in [0.15, 0.2) is 156 Å². The zero-order valence-corrected chi connectivity index (χ0v) is 101. The molecule has 8 saturated carbocycles. The van der Waals surface area contributed by atoms with Crippen LogP contribution in [0.3, 0.4) is 0 Å². The number of likely N-dealkylation sites (N-methyl/N-ethyl adjacent to an activating group) is 6. The summed E-state index contributed by atoms with van der Waals surface area (Å²) in [5.74, 6) is 8.43. The van der Waals surface area contributed by atoms with Gasteiger partial charge in [-0.1, -0.05) is 371 Å². The number of hydrogen-bond donors (Lipinski definition) is 0. The maximum Gasteiger partial charge on any atom is 2.00 e. The maximum absolute atomic E-state index is 13.1. The smallest absolute Gasteiger partial charge is 0.438 e. The van der Waals surface area contributed by atoms with Gasteiger partial charge in [0.1, 0.15) is 39.3 Å². The van der Waals surface area contributed by atoms with Crippen molar-refractivity contribution in [1.82, 2.24) is 9.80 Å². The summed E-state index contributed by atoms with van der Waals surface area (Å²) in [6, 6.07) is 39.7. The molecule has 8 heterocycles. The van der Waals surface area contributed by atoms with E-state index < -0.39 is 0 Å². The number of carbonyl (C=O) groups is 2. The fourth-order valence-corrected chi connectivity index (χ4v) is 25.5. The number of hydrogen-bond acceptors (Lipinski definition) is 10. The Morgan fingerprint density at radius 1 is 0.333 bits per heavy atom. The van der Waals surface area contributed by atoms with Crippen molar-refractivity contribution in [3.63, 3.8) is 0 Å². The molecular formula is C129H206Fe4N10O4+4. The van der Waals surface area contributed by atoms with Crippen molar-refractivity contribution in [3.8, 4) is 0 Å². The number of carbonyl (C=O) groups excluding carboxylic acids is 2. The summed E-state index contributed by atoms with van der Waals surface area (Å²) in [5, 5.41) is 2.72. The zero-order valence-electron chi connectivity index (χ0n) is 96.8. The molecule has 8 fully saturated rings. The van der Waals surface area contributed by atoms with Crippen LogP contribution in [0.4, 0.5) is 22.7 Å². The SMILES string of the molecule is C1CCCC1.C1CCCC1.C1CCCC1.C1CCCC1.CCN1CC[N+](C)=C1C=C1N(CCC2CCCC2)c2ccccc2C1(C)C.CCN1CC[N+](CC)=C1C=C1N(CC(=O)CC2CCCC2)c2ccccc2C1(C)C.CC[N+]1=C(C=C2N(CC(=O)CC3CCCC3)c3ccccc3C2(C)C)OCC1.CC[N+]1=C(C=C2N(CCC3CCCC3)c3ccc4ccccc4c3C2(C)C)OCC1.[CH3-].[CH3-].[CH3-].[CH3-].[CH3-].[CH3-].[CH3-].[CH3-].[Fe+2].[Fe+2].[Fe+2].[Fe+2]. The Labute approximate surface area is 944 Å². The number of allylic oxidation sites excluding steroid dienone is 4. The van der Waals surface area contributed by atoms with Crippen LogP contribution < -0.4 is 19.6 Å². The summed E-state index contributed by atoms with van der Waals surface area (Å²) in [6.07, 6.45) is 64.9. The third-order valence-electron chi connectivity index (χ3n) is 33.8. The minimum atomic E-state index is -0.150. The number of nitrogens with zero attached hydrogens (tertiary/aromatic N) is 10. The summed E-state index contributed by atoms with van der Waals surface area (Å²) in [4.78, 5) is 40.9. The van der Waals surface area contributed by atoms with Crippen LogP contribution >= 0.6 is 0 Å². The van der Waals surface area contributed by atoms with Gasteiger partial charge >= 0.3 is 80.1 Å². The average molecular weight is 2180 g/mol. The van der Waals surface area contributed by atoms with Crippen LogP contribution in [-0.2, 0) is 109 Å². The molecule has 14 nitrogen and oxygen atoms in total. The molecule has 0 N–H and O–H groups in total. The third-order valence-corrected chi connectivity index (χ3v) is 33.8. The van der Waals surface area contributed by atoms with Gasteiger partial charge in [0.05, 0.1) is 51.9 Å². The first-order valence-corrected chi connectivity index (χ1v) is 55.6. The third kappa shape index (κ3) is 34.7. The second kappa shape index (κ2) is 66.8. The second-order valence-electron chi connectivity index (χ2n) is 44.5. The van der Waals surface area contributed by atoms with E-state index in [0.29, 0.717) is 36.5 Å². The monoisotopic (exact) mass is 2180 g/mol. The molecule has 5 aromatic rings. The van der Waals surface area contributed by atoms with Crippen LogP contribution in [0, 0.1) is 83.1 Å². The number of Topliss-reactive ketones (excluding diaryl/α,β-unsaturated/α-hetero) is 2. The van der Waals surface area contributed by atoms with Crippen LogP contribution in [0.25, 0.3) is 10.8 Å². The minimum Gasteiger partial charge on any atom is -0.438 e. The number of rotatable bonds is 23. The maximum atomic E-state index is 13.1. The molecule has 0 unspecified atom stereocenters. The number of fused-ring (bicyclic) bond motifs is 6. The van der Waals surface area contributed by atoms with Crippen LogP contribution in [0.2, 0.25) is 0 Å². The second-order valence-corrected chi connectivity index (χ2v) is 44.5. The van der Waals surface area contributed by atoms with Gasteiger partial charge in [-0.2, -0.15) is 9.15 Å². The van der Waals surface area contributed by atoms with Crippen LogP contribution in [-0.4, -0.2) is 182 Å². The van der Waals surface area contributed by atoms with Gasteiger partial charge in [0.25, 0.3) is 11.7 Å². The van der Waals surface area contributed by atoms with Gasteiger partial charge in [0, 0.05) is 105 Å². The van der Waals surface area contributed by atoms with Crippen molar-refractivity contribution in [1.29, 1.82) is 0 Å². The van der Waals surface area contributed by atoms with E-state index in [2.05, 4.69) is 278 Å². The molecule has 5 aromatic carbocycles. The van der Waals surface area contributed by atoms with E-state index in [1.807, 2.05) is 0 Å². The Balaban J connectivity index is 0.000000604. The number of amidine groups is 2. The molecule has 21 rings (SSSR count). The van der Waals surface area contributed by atoms with Gasteiger partial charge in [-0.3, -0.25) is 28.5 Å². The Hall–Kier alpha value is -6.18. The van der Waals surface area contributed by atoms with Crippen molar-refractivity contribution in [2.24, 2.45) is 23.7 Å². The molecule has 0 bridgehead atoms. The normalized spacial score (nSPS) is 21.1. The number of ketones is 2. The minimum absolute atomic E-state index is 0. The molecule has 0 radical (unpaired) electrons. The van der Waals surface area contributed by atoms with Crippen LogP contribution in [0.1, 0.15) is 369 Å². The molecule has 18 heteroatoms. The standard InChI is InChI=1S/C27H35N2O.C26H38N3O.C24H36N3.C24H33N2O2.4C5H10.8CH3.4Fe/c1-4-28-17-18-30-25(28)19-24-27(2,3)26-22-12-8-7-11-21(22)13-14-23(26)29(24)16-15-20-9-5-6-10-20;1-5-27-15-16-28(6-2)25(27)18-24-26(3,4)22-13-9-10-14-23(22)29(24)19-21(30)17-20-11-7-8-12-20;1-5-26-17-16-25(4)23(26)18-22-24(2,3)20-12-8-9-13-21(20)27(22)15-14-19-10-6-7-11-19;1-4-25-13-14-28-23(25)16-22-24(2,3)20-11-7-8-12-21(20)26(22)17-19(27)15-18-9-5-6-10-18;4*1-2-4-5-3-1;;;;;;;;;;;;/h7-8,11-14,19-20H,4-6,9-10,15-18H2,1-3H3;9-10,13-14,18,20H,5-8,11-12,15-17,19H2,1-4H3;8-9,12-13,18-19H,5-7,10-11,14-17H2,1-4H3;7-8,11-12,16,18H,4-6,9-10,13-15,17H2,1-3H3;4*1-5H2;8*1H3;;;;/q4*+1;;;;;8*-1;4*+2. The van der Waals surface area contributed by atoms with E-state index in [1.165, 1.54) is 334 Å². The fourth-order valence-electron chi connectivity index (χ4n) is 25.5. The molecule has 0 saturated heterocycles. The topological polar surface area (TPSA) is 84.1 Å². The first kappa shape index (κ1) is 137. The van der Waals surface area contributed by atoms with Gasteiger partial charge in [0.15, 0.2) is 37.9 Å².